The number of nitrogens with zero attached hydrogens (tertiary/aromatic N) is 2. The van der Waals surface area contributed by atoms with Crippen LogP contribution in [0.15, 0.2) is 17.3 Å². The molecule has 1 saturated carbocycles. The first-order chi connectivity index (χ1) is 10.4. The standard InChI is InChI=1S/C17H26N2O2S/c1-17(2,3)21-16(20)9-13-6-5-12(7-13)8-15-18-10-14(22-4)11-19-15/h10-13H,5-9H2,1-4H3/t12-,13-/m0/s1. The predicted octanol–water partition coefficient (Wildman–Crippen LogP) is 3.89. The van der Waals surface area contributed by atoms with Crippen LogP contribution >= 0.6 is 11.8 Å². The van der Waals surface area contributed by atoms with Crippen molar-refractivity contribution in [2.75, 3.05) is 6.26 Å². The van der Waals surface area contributed by atoms with Gasteiger partial charge in [0, 0.05) is 30.1 Å². The number of esters is 1. The summed E-state index contributed by atoms with van der Waals surface area (Å²) in [4.78, 5) is 21.8. The maximum absolute atomic E-state index is 11.9. The van der Waals surface area contributed by atoms with E-state index in [1.807, 2.05) is 39.4 Å². The zero-order chi connectivity index (χ0) is 16.2. The molecule has 0 aliphatic heterocycles. The van der Waals surface area contributed by atoms with Crippen molar-refractivity contribution in [3.8, 4) is 0 Å². The molecular formula is C17H26N2O2S. The van der Waals surface area contributed by atoms with E-state index in [0.717, 1.165) is 36.4 Å². The van der Waals surface area contributed by atoms with Gasteiger partial charge < -0.3 is 4.74 Å². The van der Waals surface area contributed by atoms with Gasteiger partial charge in [-0.2, -0.15) is 0 Å². The Bertz CT molecular complexity index is 496. The molecule has 0 spiro atoms. The minimum atomic E-state index is -0.387. The maximum atomic E-state index is 11.9. The van der Waals surface area contributed by atoms with Crippen molar-refractivity contribution in [3.63, 3.8) is 0 Å². The Balaban J connectivity index is 1.78. The highest BCUT2D eigenvalue weighted by Gasteiger charge is 2.28. The largest absolute Gasteiger partial charge is 0.460 e. The Kier molecular flexibility index (Phi) is 5.84. The molecule has 5 heteroatoms. The van der Waals surface area contributed by atoms with Crippen LogP contribution in [-0.2, 0) is 16.0 Å². The van der Waals surface area contributed by atoms with E-state index in [0.29, 0.717) is 18.3 Å². The van der Waals surface area contributed by atoms with Gasteiger partial charge in [0.15, 0.2) is 0 Å². The predicted molar refractivity (Wildman–Crippen MR) is 88.8 cm³/mol. The highest BCUT2D eigenvalue weighted by molar-refractivity contribution is 7.98. The molecule has 1 aliphatic carbocycles. The van der Waals surface area contributed by atoms with Crippen molar-refractivity contribution in [2.45, 2.75) is 63.4 Å². The SMILES string of the molecule is CSc1cnc(C[C@H]2CC[C@H](CC(=O)OC(C)(C)C)C2)nc1. The summed E-state index contributed by atoms with van der Waals surface area (Å²) in [5.41, 5.74) is -0.387. The van der Waals surface area contributed by atoms with Crippen molar-refractivity contribution < 1.29 is 9.53 Å². The second-order valence-corrected chi connectivity index (χ2v) is 7.96. The normalized spacial score (nSPS) is 21.8. The van der Waals surface area contributed by atoms with E-state index in [9.17, 15) is 4.79 Å². The number of ether oxygens (including phenoxy) is 1. The lowest BCUT2D eigenvalue weighted by atomic mass is 9.99. The van der Waals surface area contributed by atoms with Gasteiger partial charge in [-0.25, -0.2) is 9.97 Å². The Morgan fingerprint density at radius 3 is 2.50 bits per heavy atom. The van der Waals surface area contributed by atoms with Crippen LogP contribution in [0.5, 0.6) is 0 Å². The molecule has 1 fully saturated rings. The van der Waals surface area contributed by atoms with Crippen LogP contribution in [-0.4, -0.2) is 27.8 Å². The number of hydrogen-bond donors (Lipinski definition) is 0. The summed E-state index contributed by atoms with van der Waals surface area (Å²) in [6.45, 7) is 5.74. The van der Waals surface area contributed by atoms with Gasteiger partial charge in [-0.15, -0.1) is 11.8 Å². The molecule has 2 rings (SSSR count). The van der Waals surface area contributed by atoms with E-state index >= 15 is 0 Å². The molecule has 0 bridgehead atoms. The first-order valence-corrected chi connectivity index (χ1v) is 9.15. The lowest BCUT2D eigenvalue weighted by Gasteiger charge is -2.20. The second-order valence-electron chi connectivity index (χ2n) is 7.08. The minimum Gasteiger partial charge on any atom is -0.460 e. The molecule has 4 nitrogen and oxygen atoms in total. The molecule has 1 aromatic rings. The molecule has 22 heavy (non-hydrogen) atoms. The van der Waals surface area contributed by atoms with Crippen molar-refractivity contribution >= 4 is 17.7 Å². The molecular weight excluding hydrogens is 296 g/mol. The Morgan fingerprint density at radius 1 is 1.27 bits per heavy atom. The fraction of sp³-hybridized carbons (Fsp3) is 0.706. The molecule has 0 aromatic carbocycles. The van der Waals surface area contributed by atoms with Crippen LogP contribution < -0.4 is 0 Å². The molecule has 0 amide bonds. The first-order valence-electron chi connectivity index (χ1n) is 7.92. The van der Waals surface area contributed by atoms with Crippen molar-refractivity contribution in [2.24, 2.45) is 11.8 Å². The van der Waals surface area contributed by atoms with E-state index in [-0.39, 0.29) is 11.6 Å². The van der Waals surface area contributed by atoms with E-state index in [1.54, 1.807) is 11.8 Å². The van der Waals surface area contributed by atoms with Crippen LogP contribution in [0.2, 0.25) is 0 Å². The summed E-state index contributed by atoms with van der Waals surface area (Å²) in [7, 11) is 0. The van der Waals surface area contributed by atoms with Gasteiger partial charge >= 0.3 is 5.97 Å². The molecule has 1 aliphatic rings. The van der Waals surface area contributed by atoms with E-state index in [2.05, 4.69) is 9.97 Å². The fourth-order valence-electron chi connectivity index (χ4n) is 2.98. The van der Waals surface area contributed by atoms with E-state index < -0.39 is 0 Å². The number of thioether (sulfide) groups is 1. The van der Waals surface area contributed by atoms with Gasteiger partial charge in [0.05, 0.1) is 0 Å². The number of carbonyl (C=O) groups is 1. The Morgan fingerprint density at radius 2 is 1.91 bits per heavy atom. The van der Waals surface area contributed by atoms with Crippen molar-refractivity contribution in [1.29, 1.82) is 0 Å². The summed E-state index contributed by atoms with van der Waals surface area (Å²) in [5.74, 6) is 1.89. The topological polar surface area (TPSA) is 52.1 Å². The highest BCUT2D eigenvalue weighted by atomic mass is 32.2. The zero-order valence-corrected chi connectivity index (χ0v) is 14.8. The van der Waals surface area contributed by atoms with Gasteiger partial charge in [-0.05, 0) is 58.1 Å². The summed E-state index contributed by atoms with van der Waals surface area (Å²) < 4.78 is 5.41. The van der Waals surface area contributed by atoms with Crippen molar-refractivity contribution in [3.05, 3.63) is 18.2 Å². The van der Waals surface area contributed by atoms with Gasteiger partial charge in [-0.1, -0.05) is 0 Å². The van der Waals surface area contributed by atoms with Crippen LogP contribution in [0.4, 0.5) is 0 Å². The van der Waals surface area contributed by atoms with Gasteiger partial charge in [0.2, 0.25) is 0 Å². The molecule has 1 heterocycles. The molecule has 2 atom stereocenters. The fourth-order valence-corrected chi connectivity index (χ4v) is 3.30. The smallest absolute Gasteiger partial charge is 0.306 e. The minimum absolute atomic E-state index is 0.0706. The number of carbonyl (C=O) groups excluding carboxylic acids is 1. The Labute approximate surface area is 137 Å². The van der Waals surface area contributed by atoms with Crippen LogP contribution in [0, 0.1) is 11.8 Å². The third kappa shape index (κ3) is 5.59. The molecule has 1 aromatic heterocycles. The number of rotatable bonds is 5. The van der Waals surface area contributed by atoms with Gasteiger partial charge in [0.1, 0.15) is 11.4 Å². The second kappa shape index (κ2) is 7.44. The van der Waals surface area contributed by atoms with Gasteiger partial charge in [-0.3, -0.25) is 4.79 Å². The average Bonchev–Trinajstić information content (AvgIpc) is 2.84. The highest BCUT2D eigenvalue weighted by Crippen LogP contribution is 2.35. The summed E-state index contributed by atoms with van der Waals surface area (Å²) >= 11 is 1.66. The third-order valence-electron chi connectivity index (χ3n) is 3.91. The summed E-state index contributed by atoms with van der Waals surface area (Å²) in [6, 6.07) is 0. The number of hydrogen-bond acceptors (Lipinski definition) is 5. The zero-order valence-electron chi connectivity index (χ0n) is 14.0. The monoisotopic (exact) mass is 322 g/mol. The lowest BCUT2D eigenvalue weighted by Crippen LogP contribution is -2.25. The summed E-state index contributed by atoms with van der Waals surface area (Å²) in [5, 5.41) is 0. The number of aromatic nitrogens is 2. The Hall–Kier alpha value is -1.10. The van der Waals surface area contributed by atoms with E-state index in [4.69, 9.17) is 4.74 Å². The van der Waals surface area contributed by atoms with Crippen LogP contribution in [0.3, 0.4) is 0 Å². The van der Waals surface area contributed by atoms with Crippen molar-refractivity contribution in [1.82, 2.24) is 9.97 Å². The van der Waals surface area contributed by atoms with Gasteiger partial charge in [0.25, 0.3) is 0 Å². The average molecular weight is 322 g/mol. The molecule has 0 radical (unpaired) electrons. The quantitative estimate of drug-likeness (QED) is 0.608. The summed E-state index contributed by atoms with van der Waals surface area (Å²) in [6.07, 6.45) is 10.6. The molecule has 0 unspecified atom stereocenters. The molecule has 0 N–H and O–H groups in total. The maximum Gasteiger partial charge on any atom is 0.306 e. The lowest BCUT2D eigenvalue weighted by molar-refractivity contribution is -0.155. The van der Waals surface area contributed by atoms with Crippen LogP contribution in [0.1, 0.15) is 52.3 Å². The molecule has 0 saturated heterocycles. The first kappa shape index (κ1) is 17.3. The molecule has 122 valence electrons. The third-order valence-corrected chi connectivity index (χ3v) is 4.60. The van der Waals surface area contributed by atoms with Crippen LogP contribution in [0.25, 0.3) is 0 Å². The van der Waals surface area contributed by atoms with E-state index in [1.165, 1.54) is 0 Å².